The normalized spacial score (nSPS) is 13.2. The zero-order valence-electron chi connectivity index (χ0n) is 15.0. The highest BCUT2D eigenvalue weighted by Crippen LogP contribution is 2.11. The molecular weight excluding hydrogens is 324 g/mol. The van der Waals surface area contributed by atoms with Gasteiger partial charge < -0.3 is 10.6 Å². The maximum absolute atomic E-state index is 12.8. The van der Waals surface area contributed by atoms with Crippen molar-refractivity contribution in [3.63, 3.8) is 0 Å². The number of rotatable bonds is 6. The summed E-state index contributed by atoms with van der Waals surface area (Å²) in [5.41, 5.74) is 0.615. The summed E-state index contributed by atoms with van der Waals surface area (Å²) in [6.07, 6.45) is 7.74. The van der Waals surface area contributed by atoms with Gasteiger partial charge >= 0.3 is 0 Å². The number of benzene rings is 2. The third-order valence-corrected chi connectivity index (χ3v) is 4.05. The van der Waals surface area contributed by atoms with Crippen LogP contribution in [0, 0.1) is 12.3 Å². The summed E-state index contributed by atoms with van der Waals surface area (Å²) in [5.74, 6) is 1.80. The lowest BCUT2D eigenvalue weighted by Gasteiger charge is -2.24. The lowest BCUT2D eigenvalue weighted by molar-refractivity contribution is -0.118. The van der Waals surface area contributed by atoms with E-state index in [1.807, 2.05) is 43.3 Å². The van der Waals surface area contributed by atoms with Gasteiger partial charge in [-0.05, 0) is 37.1 Å². The molecule has 1 unspecified atom stereocenters. The molecule has 4 heteroatoms. The zero-order valence-corrected chi connectivity index (χ0v) is 15.0. The van der Waals surface area contributed by atoms with Crippen molar-refractivity contribution in [1.82, 2.24) is 10.6 Å². The van der Waals surface area contributed by atoms with Gasteiger partial charge in [-0.15, -0.1) is 6.42 Å². The molecule has 0 bridgehead atoms. The van der Waals surface area contributed by atoms with Gasteiger partial charge in [0.25, 0.3) is 11.8 Å². The van der Waals surface area contributed by atoms with Crippen LogP contribution in [0.1, 0.15) is 36.2 Å². The molecule has 0 fully saturated rings. The summed E-state index contributed by atoms with van der Waals surface area (Å²) >= 11 is 0. The molecule has 0 spiro atoms. The molecule has 2 aromatic rings. The molecule has 0 aliphatic rings. The predicted octanol–water partition coefficient (Wildman–Crippen LogP) is 3.38. The van der Waals surface area contributed by atoms with Crippen LogP contribution in [0.4, 0.5) is 0 Å². The Hall–Kier alpha value is -3.32. The average molecular weight is 346 g/mol. The fraction of sp³-hybridized carbons (Fsp3) is 0.182. The quantitative estimate of drug-likeness (QED) is 0.622. The van der Waals surface area contributed by atoms with E-state index in [2.05, 4.69) is 16.6 Å². The van der Waals surface area contributed by atoms with Gasteiger partial charge in [-0.2, -0.15) is 0 Å². The van der Waals surface area contributed by atoms with Gasteiger partial charge in [-0.3, -0.25) is 9.59 Å². The van der Waals surface area contributed by atoms with Crippen molar-refractivity contribution in [1.29, 1.82) is 0 Å². The highest BCUT2D eigenvalue weighted by molar-refractivity contribution is 6.05. The summed E-state index contributed by atoms with van der Waals surface area (Å²) in [7, 11) is 0. The second-order valence-electron chi connectivity index (χ2n) is 6.07. The number of terminal acetylenes is 1. The topological polar surface area (TPSA) is 58.2 Å². The molecule has 1 atom stereocenters. The molecule has 132 valence electrons. The summed E-state index contributed by atoms with van der Waals surface area (Å²) in [6, 6.07) is 18.0. The van der Waals surface area contributed by atoms with Crippen LogP contribution in [0.5, 0.6) is 0 Å². The molecule has 0 heterocycles. The zero-order chi connectivity index (χ0) is 19.0. The van der Waals surface area contributed by atoms with Gasteiger partial charge in [0.05, 0.1) is 5.54 Å². The molecule has 0 aliphatic heterocycles. The second-order valence-corrected chi connectivity index (χ2v) is 6.07. The summed E-state index contributed by atoms with van der Waals surface area (Å²) in [4.78, 5) is 25.2. The Morgan fingerprint density at radius 1 is 1.08 bits per heavy atom. The van der Waals surface area contributed by atoms with Crippen LogP contribution in [0.25, 0.3) is 6.08 Å². The number of hydrogen-bond acceptors (Lipinski definition) is 2. The minimum Gasteiger partial charge on any atom is -0.335 e. The monoisotopic (exact) mass is 346 g/mol. The van der Waals surface area contributed by atoms with E-state index in [1.165, 1.54) is 0 Å². The summed E-state index contributed by atoms with van der Waals surface area (Å²) < 4.78 is 0. The first-order valence-corrected chi connectivity index (χ1v) is 8.41. The molecule has 2 aromatic carbocycles. The Balaban J connectivity index is 2.31. The molecule has 2 rings (SSSR count). The van der Waals surface area contributed by atoms with Crippen LogP contribution >= 0.6 is 0 Å². The van der Waals surface area contributed by atoms with E-state index in [0.717, 1.165) is 5.56 Å². The van der Waals surface area contributed by atoms with E-state index in [4.69, 9.17) is 6.42 Å². The molecule has 0 saturated heterocycles. The fourth-order valence-corrected chi connectivity index (χ4v) is 2.20. The first-order valence-electron chi connectivity index (χ1n) is 8.41. The minimum absolute atomic E-state index is 0.139. The molecule has 0 aromatic heterocycles. The first kappa shape index (κ1) is 19.0. The first-order chi connectivity index (χ1) is 12.5. The molecule has 0 saturated carbocycles. The maximum Gasteiger partial charge on any atom is 0.268 e. The molecule has 26 heavy (non-hydrogen) atoms. The van der Waals surface area contributed by atoms with Crippen molar-refractivity contribution >= 4 is 17.9 Å². The third kappa shape index (κ3) is 5.09. The second kappa shape index (κ2) is 8.68. The SMILES string of the molecule is C#CC(C)(CC)NC(=O)/C(=C/c1ccccc1)NC(=O)c1ccccc1. The highest BCUT2D eigenvalue weighted by Gasteiger charge is 2.24. The van der Waals surface area contributed by atoms with E-state index < -0.39 is 11.4 Å². The van der Waals surface area contributed by atoms with Gasteiger partial charge in [0.15, 0.2) is 0 Å². The van der Waals surface area contributed by atoms with E-state index in [0.29, 0.717) is 12.0 Å². The van der Waals surface area contributed by atoms with Crippen LogP contribution in [0.2, 0.25) is 0 Å². The number of hydrogen-bond donors (Lipinski definition) is 2. The Morgan fingerprint density at radius 2 is 1.65 bits per heavy atom. The highest BCUT2D eigenvalue weighted by atomic mass is 16.2. The number of carbonyl (C=O) groups is 2. The van der Waals surface area contributed by atoms with E-state index in [9.17, 15) is 9.59 Å². The van der Waals surface area contributed by atoms with Gasteiger partial charge in [-0.25, -0.2) is 0 Å². The van der Waals surface area contributed by atoms with E-state index >= 15 is 0 Å². The third-order valence-electron chi connectivity index (χ3n) is 4.05. The summed E-state index contributed by atoms with van der Waals surface area (Å²) in [6.45, 7) is 3.66. The fourth-order valence-electron chi connectivity index (χ4n) is 2.20. The lowest BCUT2D eigenvalue weighted by Crippen LogP contribution is -2.47. The van der Waals surface area contributed by atoms with Gasteiger partial charge in [0.1, 0.15) is 5.70 Å². The Kier molecular flexibility index (Phi) is 6.35. The van der Waals surface area contributed by atoms with Crippen molar-refractivity contribution < 1.29 is 9.59 Å². The van der Waals surface area contributed by atoms with Crippen molar-refractivity contribution in [3.05, 3.63) is 77.5 Å². The standard InChI is InChI=1S/C22H22N2O2/c1-4-22(3,5-2)24-21(26)19(16-17-12-8-6-9-13-17)23-20(25)18-14-10-7-11-15-18/h1,6-16H,5H2,2-3H3,(H,23,25)(H,24,26)/b19-16-. The molecule has 0 radical (unpaired) electrons. The number of amides is 2. The van der Waals surface area contributed by atoms with Crippen LogP contribution in [0.15, 0.2) is 66.4 Å². The molecule has 2 amide bonds. The summed E-state index contributed by atoms with van der Waals surface area (Å²) in [5, 5.41) is 5.51. The Labute approximate surface area is 154 Å². The van der Waals surface area contributed by atoms with Crippen LogP contribution in [-0.4, -0.2) is 17.4 Å². The predicted molar refractivity (Wildman–Crippen MR) is 104 cm³/mol. The van der Waals surface area contributed by atoms with Gasteiger partial charge in [-0.1, -0.05) is 61.4 Å². The minimum atomic E-state index is -0.787. The van der Waals surface area contributed by atoms with Crippen LogP contribution in [0.3, 0.4) is 0 Å². The van der Waals surface area contributed by atoms with Crippen molar-refractivity contribution in [2.45, 2.75) is 25.8 Å². The van der Waals surface area contributed by atoms with Crippen LogP contribution < -0.4 is 10.6 Å². The van der Waals surface area contributed by atoms with Gasteiger partial charge in [0, 0.05) is 5.56 Å². The molecule has 4 nitrogen and oxygen atoms in total. The molecular formula is C22H22N2O2. The largest absolute Gasteiger partial charge is 0.335 e. The van der Waals surface area contributed by atoms with Crippen molar-refractivity contribution in [2.24, 2.45) is 0 Å². The Bertz CT molecular complexity index is 835. The number of nitrogens with one attached hydrogen (secondary N) is 2. The average Bonchev–Trinajstić information content (AvgIpc) is 2.68. The van der Waals surface area contributed by atoms with Gasteiger partial charge in [0.2, 0.25) is 0 Å². The van der Waals surface area contributed by atoms with Crippen molar-refractivity contribution in [3.8, 4) is 12.3 Å². The maximum atomic E-state index is 12.8. The molecule has 0 aliphatic carbocycles. The Morgan fingerprint density at radius 3 is 2.19 bits per heavy atom. The van der Waals surface area contributed by atoms with Crippen molar-refractivity contribution in [2.75, 3.05) is 0 Å². The smallest absolute Gasteiger partial charge is 0.268 e. The van der Waals surface area contributed by atoms with E-state index in [1.54, 1.807) is 37.3 Å². The lowest BCUT2D eigenvalue weighted by atomic mass is 10.00. The molecule has 2 N–H and O–H groups in total. The number of carbonyl (C=O) groups excluding carboxylic acids is 2. The van der Waals surface area contributed by atoms with Crippen LogP contribution in [-0.2, 0) is 4.79 Å². The van der Waals surface area contributed by atoms with E-state index in [-0.39, 0.29) is 11.6 Å².